The van der Waals surface area contributed by atoms with Gasteiger partial charge in [-0.15, -0.1) is 0 Å². The maximum absolute atomic E-state index is 13.3. The maximum atomic E-state index is 13.3. The summed E-state index contributed by atoms with van der Waals surface area (Å²) in [5.74, 6) is 2.26. The molecule has 29 heavy (non-hydrogen) atoms. The van der Waals surface area contributed by atoms with E-state index in [4.69, 9.17) is 14.2 Å². The smallest absolute Gasteiger partial charge is 0.312 e. The van der Waals surface area contributed by atoms with Crippen LogP contribution >= 0.6 is 15.9 Å². The summed E-state index contributed by atoms with van der Waals surface area (Å²) in [6.45, 7) is 2.82. The molecule has 5 aliphatic rings. The zero-order valence-electron chi connectivity index (χ0n) is 16.6. The minimum Gasteiger partial charge on any atom is -0.486 e. The van der Waals surface area contributed by atoms with Crippen LogP contribution in [0.15, 0.2) is 16.6 Å². The summed E-state index contributed by atoms with van der Waals surface area (Å²) in [5.41, 5.74) is 0.170. The van der Waals surface area contributed by atoms with Crippen molar-refractivity contribution in [1.82, 2.24) is 5.32 Å². The number of nitrogens with one attached hydrogen (secondary N) is 1. The van der Waals surface area contributed by atoms with Gasteiger partial charge in [-0.25, -0.2) is 0 Å². The Hall–Kier alpha value is -1.76. The Bertz CT molecular complexity index is 855. The van der Waals surface area contributed by atoms with Crippen molar-refractivity contribution in [3.63, 3.8) is 0 Å². The number of hydrogen-bond donors (Lipinski definition) is 1. The first-order chi connectivity index (χ1) is 13.9. The second kappa shape index (κ2) is 6.89. The summed E-state index contributed by atoms with van der Waals surface area (Å²) in [6.07, 6.45) is 5.62. The van der Waals surface area contributed by atoms with Crippen LogP contribution in [0, 0.1) is 17.3 Å². The van der Waals surface area contributed by atoms with Gasteiger partial charge < -0.3 is 19.5 Å². The van der Waals surface area contributed by atoms with Gasteiger partial charge in [-0.2, -0.15) is 0 Å². The molecule has 0 aromatic heterocycles. The van der Waals surface area contributed by atoms with Crippen molar-refractivity contribution >= 4 is 27.8 Å². The van der Waals surface area contributed by atoms with Crippen LogP contribution in [0.1, 0.15) is 51.0 Å². The van der Waals surface area contributed by atoms with Gasteiger partial charge in [0.1, 0.15) is 19.8 Å². The third-order valence-electron chi connectivity index (χ3n) is 7.01. The molecule has 0 radical (unpaired) electrons. The molecule has 1 N–H and O–H groups in total. The van der Waals surface area contributed by atoms with Gasteiger partial charge in [-0.1, -0.05) is 15.9 Å². The first kappa shape index (κ1) is 19.2. The van der Waals surface area contributed by atoms with Crippen molar-refractivity contribution in [2.24, 2.45) is 17.3 Å². The maximum Gasteiger partial charge on any atom is 0.312 e. The van der Waals surface area contributed by atoms with Crippen molar-refractivity contribution in [3.05, 3.63) is 22.2 Å². The zero-order valence-corrected chi connectivity index (χ0v) is 18.2. The second-order valence-electron chi connectivity index (χ2n) is 9.37. The summed E-state index contributed by atoms with van der Waals surface area (Å²) in [4.78, 5) is 25.1. The van der Waals surface area contributed by atoms with E-state index in [1.54, 1.807) is 6.92 Å². The molecule has 1 aromatic carbocycles. The molecule has 6 nitrogen and oxygen atoms in total. The Kier molecular flexibility index (Phi) is 4.57. The minimum absolute atomic E-state index is 0.00400. The van der Waals surface area contributed by atoms with E-state index in [9.17, 15) is 9.59 Å². The monoisotopic (exact) mass is 463 g/mol. The highest BCUT2D eigenvalue weighted by Crippen LogP contribution is 2.62. The number of amides is 1. The largest absolute Gasteiger partial charge is 0.486 e. The van der Waals surface area contributed by atoms with E-state index in [0.29, 0.717) is 43.0 Å². The average molecular weight is 464 g/mol. The van der Waals surface area contributed by atoms with E-state index in [2.05, 4.69) is 21.2 Å². The van der Waals surface area contributed by atoms with Crippen LogP contribution in [0.5, 0.6) is 11.5 Å². The molecule has 4 aliphatic carbocycles. The Morgan fingerprint density at radius 2 is 1.79 bits per heavy atom. The molecule has 4 bridgehead atoms. The van der Waals surface area contributed by atoms with Gasteiger partial charge in [0.25, 0.3) is 0 Å². The number of halogens is 1. The first-order valence-corrected chi connectivity index (χ1v) is 11.2. The SMILES string of the molecule is CC(=O)NC12C[C@H]3C[C@@H](C1)CC(C(=O)OCc1cc4c(cc1Br)OCCO4)(C3)C2. The number of fused-ring (bicyclic) bond motifs is 1. The lowest BCUT2D eigenvalue weighted by Gasteiger charge is -2.60. The highest BCUT2D eigenvalue weighted by Gasteiger charge is 2.61. The molecule has 0 saturated heterocycles. The van der Waals surface area contributed by atoms with Gasteiger partial charge in [0.15, 0.2) is 11.5 Å². The quantitative estimate of drug-likeness (QED) is 0.688. The normalized spacial score (nSPS) is 34.0. The Morgan fingerprint density at radius 1 is 1.14 bits per heavy atom. The van der Waals surface area contributed by atoms with E-state index in [0.717, 1.165) is 35.7 Å². The molecular formula is C22H26BrNO5. The fourth-order valence-corrected chi connectivity index (χ4v) is 6.97. The van der Waals surface area contributed by atoms with E-state index >= 15 is 0 Å². The molecule has 1 aromatic rings. The summed E-state index contributed by atoms with van der Waals surface area (Å²) >= 11 is 3.55. The number of rotatable bonds is 4. The highest BCUT2D eigenvalue weighted by molar-refractivity contribution is 9.10. The molecule has 1 amide bonds. The van der Waals surface area contributed by atoms with Crippen molar-refractivity contribution in [3.8, 4) is 11.5 Å². The third kappa shape index (κ3) is 3.41. The Labute approximate surface area is 178 Å². The highest BCUT2D eigenvalue weighted by atomic mass is 79.9. The summed E-state index contributed by atoms with van der Waals surface area (Å²) in [7, 11) is 0. The standard InChI is InChI=1S/C22H26BrNO5/c1-13(25)24-22-9-14-4-15(10-22)8-21(7-14,12-22)20(26)29-11-16-5-18-19(6-17(16)23)28-3-2-27-18/h5-6,14-15H,2-4,7-12H2,1H3,(H,24,25)/t14-,15+,21?,22?. The molecule has 4 saturated carbocycles. The number of carbonyl (C=O) groups excluding carboxylic acids is 2. The lowest BCUT2D eigenvalue weighted by molar-refractivity contribution is -0.177. The third-order valence-corrected chi connectivity index (χ3v) is 7.74. The average Bonchev–Trinajstić information content (AvgIpc) is 2.64. The molecule has 0 spiro atoms. The molecule has 7 heteroatoms. The van der Waals surface area contributed by atoms with E-state index in [1.807, 2.05) is 12.1 Å². The minimum atomic E-state index is -0.465. The van der Waals surface area contributed by atoms with Crippen molar-refractivity contribution in [1.29, 1.82) is 0 Å². The lowest BCUT2D eigenvalue weighted by Crippen LogP contribution is -2.64. The number of benzene rings is 1. The van der Waals surface area contributed by atoms with E-state index < -0.39 is 5.41 Å². The van der Waals surface area contributed by atoms with Crippen LogP contribution in [0.25, 0.3) is 0 Å². The van der Waals surface area contributed by atoms with Gasteiger partial charge in [0.05, 0.1) is 5.41 Å². The summed E-state index contributed by atoms with van der Waals surface area (Å²) in [6, 6.07) is 3.75. The first-order valence-electron chi connectivity index (χ1n) is 10.4. The lowest BCUT2D eigenvalue weighted by atomic mass is 9.47. The Morgan fingerprint density at radius 3 is 2.45 bits per heavy atom. The number of esters is 1. The predicted molar refractivity (Wildman–Crippen MR) is 109 cm³/mol. The van der Waals surface area contributed by atoms with E-state index in [1.165, 1.54) is 6.42 Å². The van der Waals surface area contributed by atoms with Crippen LogP contribution < -0.4 is 14.8 Å². The van der Waals surface area contributed by atoms with Gasteiger partial charge >= 0.3 is 5.97 Å². The van der Waals surface area contributed by atoms with Crippen LogP contribution in [-0.4, -0.2) is 30.6 Å². The van der Waals surface area contributed by atoms with Crippen molar-refractivity contribution in [2.45, 2.75) is 57.6 Å². The van der Waals surface area contributed by atoms with Crippen molar-refractivity contribution < 1.29 is 23.8 Å². The summed E-state index contributed by atoms with van der Waals surface area (Å²) in [5, 5.41) is 3.20. The topological polar surface area (TPSA) is 73.9 Å². The van der Waals surface area contributed by atoms with Crippen LogP contribution in [0.2, 0.25) is 0 Å². The molecule has 6 rings (SSSR count). The van der Waals surface area contributed by atoms with Gasteiger partial charge in [0, 0.05) is 22.5 Å². The zero-order chi connectivity index (χ0) is 20.2. The number of ether oxygens (including phenoxy) is 3. The van der Waals surface area contributed by atoms with Gasteiger partial charge in [-0.3, -0.25) is 9.59 Å². The summed E-state index contributed by atoms with van der Waals surface area (Å²) < 4.78 is 17.9. The van der Waals surface area contributed by atoms with Crippen LogP contribution in [0.4, 0.5) is 0 Å². The number of hydrogen-bond acceptors (Lipinski definition) is 5. The molecule has 4 fully saturated rings. The fourth-order valence-electron chi connectivity index (χ4n) is 6.53. The van der Waals surface area contributed by atoms with Gasteiger partial charge in [0.2, 0.25) is 5.91 Å². The van der Waals surface area contributed by atoms with Gasteiger partial charge in [-0.05, 0) is 62.5 Å². The van der Waals surface area contributed by atoms with E-state index in [-0.39, 0.29) is 24.0 Å². The molecule has 156 valence electrons. The number of carbonyl (C=O) groups is 2. The predicted octanol–water partition coefficient (Wildman–Crippen LogP) is 3.74. The molecule has 1 heterocycles. The second-order valence-corrected chi connectivity index (χ2v) is 10.2. The fraction of sp³-hybridized carbons (Fsp3) is 0.636. The van der Waals surface area contributed by atoms with Crippen molar-refractivity contribution in [2.75, 3.05) is 13.2 Å². The Balaban J connectivity index is 1.33. The van der Waals surface area contributed by atoms with Crippen LogP contribution in [0.3, 0.4) is 0 Å². The van der Waals surface area contributed by atoms with Crippen LogP contribution in [-0.2, 0) is 20.9 Å². The molecular weight excluding hydrogens is 438 g/mol. The molecule has 2 unspecified atom stereocenters. The molecule has 1 aliphatic heterocycles. The molecule has 4 atom stereocenters.